The van der Waals surface area contributed by atoms with Crippen LogP contribution in [-0.2, 0) is 32.2 Å². The third-order valence-electron chi connectivity index (χ3n) is 6.99. The first-order chi connectivity index (χ1) is 18.9. The second kappa shape index (κ2) is 9.76. The van der Waals surface area contributed by atoms with Gasteiger partial charge in [0.1, 0.15) is 12.2 Å². The Balaban J connectivity index is 1.66. The van der Waals surface area contributed by atoms with Crippen molar-refractivity contribution in [3.8, 4) is 34.3 Å². The molecular formula is C28H21F7NO4+. The van der Waals surface area contributed by atoms with Crippen LogP contribution < -0.4 is 14.0 Å². The molecule has 2 N–H and O–H groups in total. The number of methoxy groups -OCH3 is 1. The lowest BCUT2D eigenvalue weighted by Crippen LogP contribution is -2.41. The summed E-state index contributed by atoms with van der Waals surface area (Å²) in [4.78, 5) is 0. The first kappa shape index (κ1) is 27.4. The third kappa shape index (κ3) is 4.22. The van der Waals surface area contributed by atoms with Gasteiger partial charge in [-0.25, -0.2) is 17.6 Å². The van der Waals surface area contributed by atoms with E-state index in [1.807, 2.05) is 11.5 Å². The maximum Gasteiger partial charge on any atom is 0.422 e. The highest BCUT2D eigenvalue weighted by molar-refractivity contribution is 5.95. The monoisotopic (exact) mass is 568 g/mol. The lowest BCUT2D eigenvalue weighted by atomic mass is 9.90. The molecule has 0 unspecified atom stereocenters. The SMILES string of the molecule is CCc1c2[n+](cc3c(OCc4c(F)c(F)c(C(F)(F)F)c(F)c4F)c(OC)ccc13)CCc1cc(O)c(O)cc1-2. The van der Waals surface area contributed by atoms with Crippen molar-refractivity contribution in [1.82, 2.24) is 0 Å². The van der Waals surface area contributed by atoms with Crippen LogP contribution in [0.3, 0.4) is 0 Å². The summed E-state index contributed by atoms with van der Waals surface area (Å²) in [5.41, 5.74) is -0.964. The number of aryl methyl sites for hydroxylation is 3. The van der Waals surface area contributed by atoms with Crippen molar-refractivity contribution >= 4 is 10.8 Å². The summed E-state index contributed by atoms with van der Waals surface area (Å²) in [7, 11) is 1.30. The number of rotatable bonds is 5. The maximum absolute atomic E-state index is 14.5. The summed E-state index contributed by atoms with van der Waals surface area (Å²) in [5.74, 6) is -10.1. The molecule has 0 spiro atoms. The van der Waals surface area contributed by atoms with Gasteiger partial charge >= 0.3 is 6.18 Å². The molecule has 0 saturated heterocycles. The van der Waals surface area contributed by atoms with Crippen LogP contribution in [0.2, 0.25) is 0 Å². The van der Waals surface area contributed by atoms with Crippen molar-refractivity contribution in [2.24, 2.45) is 0 Å². The first-order valence-corrected chi connectivity index (χ1v) is 12.0. The smallest absolute Gasteiger partial charge is 0.422 e. The Labute approximate surface area is 222 Å². The average molecular weight is 568 g/mol. The Morgan fingerprint density at radius 1 is 0.900 bits per heavy atom. The van der Waals surface area contributed by atoms with Crippen LogP contribution in [0, 0.1) is 23.3 Å². The van der Waals surface area contributed by atoms with Gasteiger partial charge in [-0.3, -0.25) is 0 Å². The van der Waals surface area contributed by atoms with E-state index in [0.29, 0.717) is 35.7 Å². The van der Waals surface area contributed by atoms with E-state index in [1.165, 1.54) is 25.3 Å². The van der Waals surface area contributed by atoms with E-state index in [9.17, 15) is 40.9 Å². The van der Waals surface area contributed by atoms with E-state index < -0.39 is 47.2 Å². The Morgan fingerprint density at radius 2 is 1.55 bits per heavy atom. The number of hydrogen-bond donors (Lipinski definition) is 2. The van der Waals surface area contributed by atoms with Gasteiger partial charge in [0.05, 0.1) is 23.6 Å². The fourth-order valence-electron chi connectivity index (χ4n) is 5.14. The first-order valence-electron chi connectivity index (χ1n) is 12.0. The van der Waals surface area contributed by atoms with Gasteiger partial charge in [-0.1, -0.05) is 6.92 Å². The van der Waals surface area contributed by atoms with Crippen molar-refractivity contribution in [3.63, 3.8) is 0 Å². The minimum Gasteiger partial charge on any atom is -0.504 e. The summed E-state index contributed by atoms with van der Waals surface area (Å²) in [6.07, 6.45) is -3.00. The van der Waals surface area contributed by atoms with Gasteiger partial charge in [-0.05, 0) is 36.2 Å². The molecule has 1 aliphatic heterocycles. The zero-order valence-corrected chi connectivity index (χ0v) is 21.0. The normalized spacial score (nSPS) is 12.8. The molecule has 2 heterocycles. The fourth-order valence-corrected chi connectivity index (χ4v) is 5.14. The predicted molar refractivity (Wildman–Crippen MR) is 128 cm³/mol. The highest BCUT2D eigenvalue weighted by atomic mass is 19.4. The molecular weight excluding hydrogens is 547 g/mol. The van der Waals surface area contributed by atoms with Gasteiger partial charge in [0.2, 0.25) is 5.69 Å². The van der Waals surface area contributed by atoms with Crippen molar-refractivity contribution in [3.05, 3.63) is 76.0 Å². The van der Waals surface area contributed by atoms with Crippen LogP contribution in [0.1, 0.15) is 29.2 Å². The number of nitrogens with zero attached hydrogens (tertiary/aromatic N) is 1. The van der Waals surface area contributed by atoms with Crippen LogP contribution in [0.5, 0.6) is 23.0 Å². The molecule has 4 aromatic rings. The van der Waals surface area contributed by atoms with Gasteiger partial charge in [0, 0.05) is 17.4 Å². The van der Waals surface area contributed by atoms with E-state index in [-0.39, 0.29) is 23.0 Å². The van der Waals surface area contributed by atoms with Gasteiger partial charge in [-0.15, -0.1) is 0 Å². The van der Waals surface area contributed by atoms with Crippen molar-refractivity contribution in [1.29, 1.82) is 0 Å². The van der Waals surface area contributed by atoms with Crippen LogP contribution >= 0.6 is 0 Å². The number of aromatic hydroxyl groups is 2. The minimum absolute atomic E-state index is 0.0520. The van der Waals surface area contributed by atoms with Crippen LogP contribution in [0.4, 0.5) is 30.7 Å². The number of fused-ring (bicyclic) bond motifs is 4. The number of pyridine rings is 1. The molecule has 0 atom stereocenters. The summed E-state index contributed by atoms with van der Waals surface area (Å²) in [6.45, 7) is 1.19. The molecule has 5 nitrogen and oxygen atoms in total. The third-order valence-corrected chi connectivity index (χ3v) is 6.99. The molecule has 40 heavy (non-hydrogen) atoms. The number of benzene rings is 3. The van der Waals surface area contributed by atoms with Gasteiger partial charge in [0.15, 0.2) is 59.0 Å². The standard InChI is InChI=1S/C28H20F7NO4/c1-3-13-14-4-5-20(39-2)27(40-11-17-22(29)24(31)21(28(33,34)35)25(32)23(17)30)16(14)10-36-7-6-12-8-18(37)19(38)9-15(12)26(13)36/h4-5,8-10,38H,3,6-7,11H2,1-2H3/p+1. The number of phenolic OH excluding ortho intramolecular Hbond substituents is 2. The van der Waals surface area contributed by atoms with Crippen molar-refractivity contribution in [2.45, 2.75) is 39.1 Å². The van der Waals surface area contributed by atoms with E-state index in [4.69, 9.17) is 9.47 Å². The molecule has 0 amide bonds. The average Bonchev–Trinajstić information content (AvgIpc) is 2.90. The lowest BCUT2D eigenvalue weighted by molar-refractivity contribution is -0.686. The van der Waals surface area contributed by atoms with Gasteiger partial charge in [-0.2, -0.15) is 17.7 Å². The molecule has 5 rings (SSSR count). The minimum atomic E-state index is -5.66. The second-order valence-electron chi connectivity index (χ2n) is 9.21. The summed E-state index contributed by atoms with van der Waals surface area (Å²) >= 11 is 0. The molecule has 3 aromatic carbocycles. The molecule has 1 aromatic heterocycles. The zero-order chi connectivity index (χ0) is 29.1. The van der Waals surface area contributed by atoms with E-state index in [2.05, 4.69) is 0 Å². The number of phenols is 2. The Kier molecular flexibility index (Phi) is 6.67. The predicted octanol–water partition coefficient (Wildman–Crippen LogP) is 6.49. The number of aromatic nitrogens is 1. The highest BCUT2D eigenvalue weighted by Crippen LogP contribution is 2.43. The van der Waals surface area contributed by atoms with Crippen molar-refractivity contribution < 1.29 is 55.0 Å². The van der Waals surface area contributed by atoms with Gasteiger partial charge < -0.3 is 19.7 Å². The molecule has 0 aliphatic carbocycles. The maximum atomic E-state index is 14.5. The van der Waals surface area contributed by atoms with Crippen LogP contribution in [0.25, 0.3) is 22.0 Å². The quantitative estimate of drug-likeness (QED) is 0.125. The molecule has 0 bridgehead atoms. The van der Waals surface area contributed by atoms with Crippen LogP contribution in [0.15, 0.2) is 30.5 Å². The Hall–Kier alpha value is -4.22. The summed E-state index contributed by atoms with van der Waals surface area (Å²) < 4.78 is 109. The topological polar surface area (TPSA) is 62.8 Å². The molecule has 0 fully saturated rings. The highest BCUT2D eigenvalue weighted by Gasteiger charge is 2.42. The van der Waals surface area contributed by atoms with Crippen LogP contribution in [-0.4, -0.2) is 17.3 Å². The molecule has 1 aliphatic rings. The lowest BCUT2D eigenvalue weighted by Gasteiger charge is -2.21. The van der Waals surface area contributed by atoms with E-state index >= 15 is 0 Å². The molecule has 0 saturated carbocycles. The number of ether oxygens (including phenoxy) is 2. The fraction of sp³-hybridized carbons (Fsp3) is 0.250. The van der Waals surface area contributed by atoms with Crippen molar-refractivity contribution in [2.75, 3.05) is 7.11 Å². The molecule has 0 radical (unpaired) electrons. The van der Waals surface area contributed by atoms with E-state index in [1.54, 1.807) is 12.3 Å². The molecule has 12 heteroatoms. The number of hydrogen-bond acceptors (Lipinski definition) is 4. The Bertz CT molecular complexity index is 1660. The summed E-state index contributed by atoms with van der Waals surface area (Å²) in [6, 6.07) is 6.17. The zero-order valence-electron chi connectivity index (χ0n) is 21.0. The molecule has 210 valence electrons. The van der Waals surface area contributed by atoms with Gasteiger partial charge in [0.25, 0.3) is 0 Å². The number of halogens is 7. The van der Waals surface area contributed by atoms with E-state index in [0.717, 1.165) is 16.8 Å². The Morgan fingerprint density at radius 3 is 2.15 bits per heavy atom. The largest absolute Gasteiger partial charge is 0.504 e. The summed E-state index contributed by atoms with van der Waals surface area (Å²) in [5, 5.41) is 21.1. The second-order valence-corrected chi connectivity index (χ2v) is 9.21. The number of alkyl halides is 3.